The minimum absolute atomic E-state index is 0.306. The molecule has 0 aromatic rings. The Morgan fingerprint density at radius 1 is 0.882 bits per heavy atom. The van der Waals surface area contributed by atoms with Crippen molar-refractivity contribution in [2.75, 3.05) is 19.8 Å². The molecule has 0 aliphatic rings. The summed E-state index contributed by atoms with van der Waals surface area (Å²) in [7, 11) is 0. The molecule has 0 bridgehead atoms. The Morgan fingerprint density at radius 2 is 1.47 bits per heavy atom. The van der Waals surface area contributed by atoms with Crippen LogP contribution in [0.4, 0.5) is 0 Å². The van der Waals surface area contributed by atoms with Gasteiger partial charge in [0.05, 0.1) is 0 Å². The second-order valence-corrected chi connectivity index (χ2v) is 5.85. The molecule has 0 radical (unpaired) electrons. The summed E-state index contributed by atoms with van der Waals surface area (Å²) in [6.07, 6.45) is 10.2. The lowest BCUT2D eigenvalue weighted by Crippen LogP contribution is -2.23. The number of ether oxygens (including phenoxy) is 1. The van der Waals surface area contributed by atoms with Gasteiger partial charge in [0.25, 0.3) is 0 Å². The SMILES string of the molecule is CCCCCCCOCCCCC(C)(C)CN. The van der Waals surface area contributed by atoms with Crippen molar-refractivity contribution in [3.05, 3.63) is 0 Å². The van der Waals surface area contributed by atoms with Crippen LogP contribution >= 0.6 is 0 Å². The summed E-state index contributed by atoms with van der Waals surface area (Å²) >= 11 is 0. The van der Waals surface area contributed by atoms with Gasteiger partial charge in [-0.25, -0.2) is 0 Å². The van der Waals surface area contributed by atoms with Crippen LogP contribution in [0.1, 0.15) is 72.1 Å². The van der Waals surface area contributed by atoms with E-state index in [4.69, 9.17) is 10.5 Å². The zero-order valence-corrected chi connectivity index (χ0v) is 12.3. The van der Waals surface area contributed by atoms with Crippen LogP contribution in [-0.4, -0.2) is 19.8 Å². The largest absolute Gasteiger partial charge is 0.381 e. The molecule has 0 aliphatic heterocycles. The van der Waals surface area contributed by atoms with Gasteiger partial charge in [-0.3, -0.25) is 0 Å². The minimum Gasteiger partial charge on any atom is -0.381 e. The molecule has 17 heavy (non-hydrogen) atoms. The van der Waals surface area contributed by atoms with E-state index in [1.165, 1.54) is 51.4 Å². The van der Waals surface area contributed by atoms with Crippen LogP contribution in [-0.2, 0) is 4.74 Å². The maximum absolute atomic E-state index is 5.70. The molecular formula is C15H33NO. The Morgan fingerprint density at radius 3 is 2.06 bits per heavy atom. The van der Waals surface area contributed by atoms with Crippen LogP contribution in [0.2, 0.25) is 0 Å². The molecule has 0 fully saturated rings. The second kappa shape index (κ2) is 11.0. The zero-order chi connectivity index (χ0) is 13.0. The van der Waals surface area contributed by atoms with Crippen molar-refractivity contribution < 1.29 is 4.74 Å². The fourth-order valence-electron chi connectivity index (χ4n) is 1.82. The normalized spacial score (nSPS) is 12.0. The number of nitrogens with two attached hydrogens (primary N) is 1. The minimum atomic E-state index is 0.306. The van der Waals surface area contributed by atoms with Gasteiger partial charge in [0.2, 0.25) is 0 Å². The highest BCUT2D eigenvalue weighted by atomic mass is 16.5. The van der Waals surface area contributed by atoms with Gasteiger partial charge in [-0.05, 0) is 31.2 Å². The van der Waals surface area contributed by atoms with Crippen molar-refractivity contribution in [1.29, 1.82) is 0 Å². The molecule has 0 aromatic carbocycles. The highest BCUT2D eigenvalue weighted by molar-refractivity contribution is 4.68. The molecule has 2 N–H and O–H groups in total. The number of rotatable bonds is 12. The van der Waals surface area contributed by atoms with Gasteiger partial charge in [-0.2, -0.15) is 0 Å². The lowest BCUT2D eigenvalue weighted by Gasteiger charge is -2.21. The molecule has 0 aliphatic carbocycles. The van der Waals surface area contributed by atoms with E-state index in [2.05, 4.69) is 20.8 Å². The standard InChI is InChI=1S/C15H33NO/c1-4-5-6-7-9-12-17-13-10-8-11-15(2,3)14-16/h4-14,16H2,1-3H3. The van der Waals surface area contributed by atoms with E-state index in [9.17, 15) is 0 Å². The molecule has 2 nitrogen and oxygen atoms in total. The van der Waals surface area contributed by atoms with Gasteiger partial charge in [-0.15, -0.1) is 0 Å². The highest BCUT2D eigenvalue weighted by Crippen LogP contribution is 2.21. The molecule has 0 heterocycles. The summed E-state index contributed by atoms with van der Waals surface area (Å²) in [4.78, 5) is 0. The third-order valence-corrected chi connectivity index (χ3v) is 3.34. The Hall–Kier alpha value is -0.0800. The topological polar surface area (TPSA) is 35.2 Å². The van der Waals surface area contributed by atoms with Crippen molar-refractivity contribution in [2.45, 2.75) is 72.1 Å². The molecule has 0 aromatic heterocycles. The fourth-order valence-corrected chi connectivity index (χ4v) is 1.82. The van der Waals surface area contributed by atoms with Crippen LogP contribution in [0.25, 0.3) is 0 Å². The van der Waals surface area contributed by atoms with Crippen molar-refractivity contribution in [3.8, 4) is 0 Å². The predicted molar refractivity (Wildman–Crippen MR) is 76.3 cm³/mol. The Balaban J connectivity index is 3.09. The molecule has 0 spiro atoms. The molecule has 0 rings (SSSR count). The van der Waals surface area contributed by atoms with Crippen LogP contribution in [0.3, 0.4) is 0 Å². The van der Waals surface area contributed by atoms with E-state index >= 15 is 0 Å². The maximum Gasteiger partial charge on any atom is 0.0466 e. The van der Waals surface area contributed by atoms with Crippen LogP contribution < -0.4 is 5.73 Å². The lowest BCUT2D eigenvalue weighted by molar-refractivity contribution is 0.123. The highest BCUT2D eigenvalue weighted by Gasteiger charge is 2.13. The van der Waals surface area contributed by atoms with Crippen molar-refractivity contribution >= 4 is 0 Å². The number of hydrogen-bond donors (Lipinski definition) is 1. The van der Waals surface area contributed by atoms with E-state index in [0.29, 0.717) is 5.41 Å². The summed E-state index contributed by atoms with van der Waals surface area (Å²) < 4.78 is 5.63. The molecule has 0 saturated carbocycles. The van der Waals surface area contributed by atoms with Crippen molar-refractivity contribution in [1.82, 2.24) is 0 Å². The van der Waals surface area contributed by atoms with E-state index in [-0.39, 0.29) is 0 Å². The molecular weight excluding hydrogens is 210 g/mol. The summed E-state index contributed by atoms with van der Waals surface area (Å²) in [6.45, 7) is 9.38. The molecule has 0 amide bonds. The van der Waals surface area contributed by atoms with E-state index < -0.39 is 0 Å². The van der Waals surface area contributed by atoms with Crippen LogP contribution in [0, 0.1) is 5.41 Å². The first-order valence-corrected chi connectivity index (χ1v) is 7.40. The molecule has 0 atom stereocenters. The average Bonchev–Trinajstić information content (AvgIpc) is 2.31. The molecule has 0 unspecified atom stereocenters. The zero-order valence-electron chi connectivity index (χ0n) is 12.3. The molecule has 0 saturated heterocycles. The summed E-state index contributed by atoms with van der Waals surface area (Å²) in [5.41, 5.74) is 6.00. The summed E-state index contributed by atoms with van der Waals surface area (Å²) in [6, 6.07) is 0. The fraction of sp³-hybridized carbons (Fsp3) is 1.00. The van der Waals surface area contributed by atoms with Crippen LogP contribution in [0.15, 0.2) is 0 Å². The maximum atomic E-state index is 5.70. The van der Waals surface area contributed by atoms with Gasteiger partial charge in [0.15, 0.2) is 0 Å². The van der Waals surface area contributed by atoms with E-state index in [1.807, 2.05) is 0 Å². The second-order valence-electron chi connectivity index (χ2n) is 5.85. The first-order valence-electron chi connectivity index (χ1n) is 7.40. The Kier molecular flexibility index (Phi) is 11.0. The summed E-state index contributed by atoms with van der Waals surface area (Å²) in [5.74, 6) is 0. The quantitative estimate of drug-likeness (QED) is 0.523. The Bertz CT molecular complexity index is 157. The van der Waals surface area contributed by atoms with Gasteiger partial charge >= 0.3 is 0 Å². The smallest absolute Gasteiger partial charge is 0.0466 e. The monoisotopic (exact) mass is 243 g/mol. The van der Waals surface area contributed by atoms with Gasteiger partial charge in [0, 0.05) is 13.2 Å². The van der Waals surface area contributed by atoms with Crippen LogP contribution in [0.5, 0.6) is 0 Å². The predicted octanol–water partition coefficient (Wildman–Crippen LogP) is 4.13. The van der Waals surface area contributed by atoms with E-state index in [1.54, 1.807) is 0 Å². The van der Waals surface area contributed by atoms with Gasteiger partial charge in [-0.1, -0.05) is 52.9 Å². The van der Waals surface area contributed by atoms with Gasteiger partial charge in [0.1, 0.15) is 0 Å². The first kappa shape index (κ1) is 16.9. The third kappa shape index (κ3) is 12.2. The Labute approximate surface area is 108 Å². The lowest BCUT2D eigenvalue weighted by atomic mass is 9.87. The van der Waals surface area contributed by atoms with Crippen molar-refractivity contribution in [3.63, 3.8) is 0 Å². The molecule has 2 heteroatoms. The first-order chi connectivity index (χ1) is 8.12. The third-order valence-electron chi connectivity index (χ3n) is 3.34. The van der Waals surface area contributed by atoms with Crippen molar-refractivity contribution in [2.24, 2.45) is 11.1 Å². The summed E-state index contributed by atoms with van der Waals surface area (Å²) in [5, 5.41) is 0. The average molecular weight is 243 g/mol. The number of unbranched alkanes of at least 4 members (excludes halogenated alkanes) is 5. The van der Waals surface area contributed by atoms with Gasteiger partial charge < -0.3 is 10.5 Å². The molecule has 104 valence electrons. The van der Waals surface area contributed by atoms with E-state index in [0.717, 1.165) is 19.8 Å². The number of hydrogen-bond acceptors (Lipinski definition) is 2.